The van der Waals surface area contributed by atoms with Gasteiger partial charge in [-0.1, -0.05) is 12.7 Å². The van der Waals surface area contributed by atoms with Gasteiger partial charge in [-0.05, 0) is 63.4 Å². The van der Waals surface area contributed by atoms with Crippen molar-refractivity contribution < 1.29 is 19.0 Å². The van der Waals surface area contributed by atoms with E-state index >= 15 is 0 Å². The van der Waals surface area contributed by atoms with E-state index in [2.05, 4.69) is 44.5 Å². The fourth-order valence-corrected chi connectivity index (χ4v) is 4.17. The Morgan fingerprint density at radius 2 is 2.07 bits per heavy atom. The molecule has 1 aliphatic rings. The molecule has 0 saturated carbocycles. The van der Waals surface area contributed by atoms with Crippen LogP contribution in [0, 0.1) is 11.3 Å². The number of esters is 1. The van der Waals surface area contributed by atoms with Crippen molar-refractivity contribution in [3.05, 3.63) is 62.1 Å². The van der Waals surface area contributed by atoms with Gasteiger partial charge in [0.15, 0.2) is 0 Å². The van der Waals surface area contributed by atoms with Crippen molar-refractivity contribution in [2.24, 2.45) is 5.73 Å². The maximum Gasteiger partial charge on any atom is 0.338 e. The average molecular weight is 498 g/mol. The summed E-state index contributed by atoms with van der Waals surface area (Å²) in [5, 5.41) is 9.62. The number of hydrogen-bond donors (Lipinski definition) is 1. The monoisotopic (exact) mass is 496 g/mol. The Kier molecular flexibility index (Phi) is 7.11. The van der Waals surface area contributed by atoms with Gasteiger partial charge >= 0.3 is 5.97 Å². The summed E-state index contributed by atoms with van der Waals surface area (Å²) in [7, 11) is 0. The molecule has 2 N–H and O–H groups in total. The fraction of sp³-hybridized carbons (Fsp3) is 0.263. The zero-order valence-electron chi connectivity index (χ0n) is 14.8. The molecule has 1 atom stereocenters. The van der Waals surface area contributed by atoms with Crippen molar-refractivity contribution in [3.8, 4) is 11.8 Å². The molecule has 0 aromatic heterocycles. The Morgan fingerprint density at radius 3 is 2.59 bits per heavy atom. The molecule has 0 aliphatic carbocycles. The van der Waals surface area contributed by atoms with E-state index in [1.807, 2.05) is 0 Å². The van der Waals surface area contributed by atoms with Gasteiger partial charge < -0.3 is 19.9 Å². The van der Waals surface area contributed by atoms with E-state index < -0.39 is 11.9 Å². The lowest BCUT2D eigenvalue weighted by Gasteiger charge is -2.27. The quantitative estimate of drug-likeness (QED) is 0.461. The smallest absolute Gasteiger partial charge is 0.338 e. The first-order chi connectivity index (χ1) is 12.8. The largest absolute Gasteiger partial charge is 0.487 e. The van der Waals surface area contributed by atoms with E-state index in [9.17, 15) is 10.1 Å². The van der Waals surface area contributed by atoms with Gasteiger partial charge in [0.25, 0.3) is 0 Å². The van der Waals surface area contributed by atoms with E-state index in [0.29, 0.717) is 32.6 Å². The Balaban J connectivity index is 2.63. The molecule has 1 heterocycles. The standard InChI is InChI=1S/C19H18Br2N2O4/c1-4-6-26-17-13(20)7-11(8-14(17)21)16-12(9-22)18(23)27-10(3)15(16)19(24)25-5-2/h4,7-8,16H,1,5-6,23H2,2-3H3/t16-/m1/s1. The lowest BCUT2D eigenvalue weighted by molar-refractivity contribution is -0.139. The summed E-state index contributed by atoms with van der Waals surface area (Å²) < 4.78 is 17.5. The van der Waals surface area contributed by atoms with Crippen molar-refractivity contribution >= 4 is 37.8 Å². The van der Waals surface area contributed by atoms with E-state index in [1.165, 1.54) is 0 Å². The Bertz CT molecular complexity index is 861. The van der Waals surface area contributed by atoms with Crippen LogP contribution in [0.4, 0.5) is 0 Å². The van der Waals surface area contributed by atoms with Gasteiger partial charge in [-0.3, -0.25) is 0 Å². The fourth-order valence-electron chi connectivity index (χ4n) is 2.71. The van der Waals surface area contributed by atoms with Crippen LogP contribution in [0.1, 0.15) is 25.3 Å². The zero-order chi connectivity index (χ0) is 20.1. The van der Waals surface area contributed by atoms with Gasteiger partial charge in [0.05, 0.1) is 27.0 Å². The number of nitriles is 1. The molecule has 1 aromatic carbocycles. The third-order valence-corrected chi connectivity index (χ3v) is 4.98. The number of carbonyl (C=O) groups is 1. The van der Waals surface area contributed by atoms with Gasteiger partial charge in [0.2, 0.25) is 5.88 Å². The second kappa shape index (κ2) is 9.11. The van der Waals surface area contributed by atoms with Crippen molar-refractivity contribution in [2.75, 3.05) is 13.2 Å². The van der Waals surface area contributed by atoms with E-state index in [4.69, 9.17) is 19.9 Å². The lowest BCUT2D eigenvalue weighted by Crippen LogP contribution is -2.25. The predicted octanol–water partition coefficient (Wildman–Crippen LogP) is 4.42. The van der Waals surface area contributed by atoms with Gasteiger partial charge in [-0.2, -0.15) is 5.26 Å². The number of allylic oxidation sites excluding steroid dienone is 2. The predicted molar refractivity (Wildman–Crippen MR) is 108 cm³/mol. The van der Waals surface area contributed by atoms with Crippen LogP contribution in [0.25, 0.3) is 0 Å². The lowest BCUT2D eigenvalue weighted by atomic mass is 9.83. The highest BCUT2D eigenvalue weighted by molar-refractivity contribution is 9.11. The molecule has 0 fully saturated rings. The minimum atomic E-state index is -0.719. The van der Waals surface area contributed by atoms with Crippen LogP contribution in [-0.4, -0.2) is 19.2 Å². The Labute approximate surface area is 174 Å². The first-order valence-corrected chi connectivity index (χ1v) is 9.62. The topological polar surface area (TPSA) is 94.6 Å². The number of halogens is 2. The first kappa shape index (κ1) is 21.1. The van der Waals surface area contributed by atoms with Crippen LogP contribution in [0.2, 0.25) is 0 Å². The number of ether oxygens (including phenoxy) is 3. The van der Waals surface area contributed by atoms with Gasteiger partial charge in [-0.15, -0.1) is 0 Å². The number of nitrogens with zero attached hydrogens (tertiary/aromatic N) is 1. The highest BCUT2D eigenvalue weighted by Gasteiger charge is 2.36. The SMILES string of the molecule is C=CCOc1c(Br)cc([C@@H]2C(C#N)=C(N)OC(C)=C2C(=O)OCC)cc1Br. The molecule has 0 spiro atoms. The van der Waals surface area contributed by atoms with Crippen molar-refractivity contribution in [2.45, 2.75) is 19.8 Å². The summed E-state index contributed by atoms with van der Waals surface area (Å²) in [6.45, 7) is 7.48. The molecule has 1 aromatic rings. The molecule has 142 valence electrons. The van der Waals surface area contributed by atoms with Crippen LogP contribution in [-0.2, 0) is 14.3 Å². The van der Waals surface area contributed by atoms with Crippen LogP contribution < -0.4 is 10.5 Å². The second-order valence-corrected chi connectivity index (χ2v) is 7.24. The van der Waals surface area contributed by atoms with Gasteiger partial charge in [0, 0.05) is 0 Å². The third kappa shape index (κ3) is 4.37. The Hall–Kier alpha value is -2.24. The Morgan fingerprint density at radius 1 is 1.44 bits per heavy atom. The average Bonchev–Trinajstić information content (AvgIpc) is 2.60. The molecule has 2 rings (SSSR count). The van der Waals surface area contributed by atoms with Gasteiger partial charge in [0.1, 0.15) is 29.8 Å². The maximum atomic E-state index is 12.5. The number of hydrogen-bond acceptors (Lipinski definition) is 6. The van der Waals surface area contributed by atoms with Crippen LogP contribution in [0.15, 0.2) is 56.5 Å². The molecular weight excluding hydrogens is 480 g/mol. The normalized spacial score (nSPS) is 16.5. The first-order valence-electron chi connectivity index (χ1n) is 8.03. The number of rotatable bonds is 6. The summed E-state index contributed by atoms with van der Waals surface area (Å²) >= 11 is 6.94. The van der Waals surface area contributed by atoms with Crippen LogP contribution in [0.3, 0.4) is 0 Å². The summed E-state index contributed by atoms with van der Waals surface area (Å²) in [4.78, 5) is 12.5. The minimum Gasteiger partial charge on any atom is -0.487 e. The van der Waals surface area contributed by atoms with E-state index in [1.54, 1.807) is 32.1 Å². The highest BCUT2D eigenvalue weighted by Crippen LogP contribution is 2.44. The summed E-state index contributed by atoms with van der Waals surface area (Å²) in [6, 6.07) is 5.60. The molecule has 0 unspecified atom stereocenters. The summed E-state index contributed by atoms with van der Waals surface area (Å²) in [5.74, 6) is -0.427. The molecule has 0 saturated heterocycles. The molecule has 0 amide bonds. The van der Waals surface area contributed by atoms with Gasteiger partial charge in [-0.25, -0.2) is 4.79 Å². The number of benzene rings is 1. The molecule has 0 bridgehead atoms. The van der Waals surface area contributed by atoms with Crippen LogP contribution in [0.5, 0.6) is 5.75 Å². The van der Waals surface area contributed by atoms with Crippen LogP contribution >= 0.6 is 31.9 Å². The van der Waals surface area contributed by atoms with Crippen molar-refractivity contribution in [1.29, 1.82) is 5.26 Å². The summed E-state index contributed by atoms with van der Waals surface area (Å²) in [5.41, 5.74) is 6.94. The number of nitrogens with two attached hydrogens (primary N) is 1. The molecular formula is C19H18Br2N2O4. The summed E-state index contributed by atoms with van der Waals surface area (Å²) in [6.07, 6.45) is 1.63. The number of carbonyl (C=O) groups excluding carboxylic acids is 1. The zero-order valence-corrected chi connectivity index (χ0v) is 18.0. The van der Waals surface area contributed by atoms with Crippen molar-refractivity contribution in [1.82, 2.24) is 0 Å². The molecule has 27 heavy (non-hydrogen) atoms. The maximum absolute atomic E-state index is 12.5. The van der Waals surface area contributed by atoms with E-state index in [0.717, 1.165) is 0 Å². The molecule has 0 radical (unpaired) electrons. The second-order valence-electron chi connectivity index (χ2n) is 5.53. The molecule has 6 nitrogen and oxygen atoms in total. The third-order valence-electron chi connectivity index (χ3n) is 3.80. The molecule has 1 aliphatic heterocycles. The van der Waals surface area contributed by atoms with Crippen molar-refractivity contribution in [3.63, 3.8) is 0 Å². The molecule has 8 heteroatoms. The highest BCUT2D eigenvalue weighted by atomic mass is 79.9. The van der Waals surface area contributed by atoms with E-state index in [-0.39, 0.29) is 23.6 Å². The minimum absolute atomic E-state index is 0.0349.